The second kappa shape index (κ2) is 7.94. The predicted molar refractivity (Wildman–Crippen MR) is 106 cm³/mol. The van der Waals surface area contributed by atoms with Crippen molar-refractivity contribution in [3.63, 3.8) is 0 Å². The number of aryl methyl sites for hydroxylation is 1. The molecule has 0 unspecified atom stereocenters. The molecular formula is C21H18ClNO3S. The molecule has 0 spiro atoms. The molecule has 0 fully saturated rings. The summed E-state index contributed by atoms with van der Waals surface area (Å²) in [5, 5.41) is 0.543. The monoisotopic (exact) mass is 399 g/mol. The van der Waals surface area contributed by atoms with Crippen molar-refractivity contribution in [1.29, 1.82) is 0 Å². The molecule has 6 heteroatoms. The van der Waals surface area contributed by atoms with Gasteiger partial charge >= 0.3 is 0 Å². The van der Waals surface area contributed by atoms with E-state index in [1.807, 2.05) is 6.92 Å². The molecule has 0 heterocycles. The van der Waals surface area contributed by atoms with Crippen LogP contribution in [0.4, 0.5) is 0 Å². The third-order valence-corrected chi connectivity index (χ3v) is 6.09. The van der Waals surface area contributed by atoms with Gasteiger partial charge in [-0.25, -0.2) is 12.7 Å². The van der Waals surface area contributed by atoms with Crippen molar-refractivity contribution in [2.75, 3.05) is 0 Å². The van der Waals surface area contributed by atoms with Crippen LogP contribution in [0.3, 0.4) is 0 Å². The summed E-state index contributed by atoms with van der Waals surface area (Å²) in [6.07, 6.45) is 0. The zero-order chi connectivity index (χ0) is 19.4. The van der Waals surface area contributed by atoms with Crippen LogP contribution in [0.5, 0.6) is 0 Å². The molecule has 0 aromatic heterocycles. The lowest BCUT2D eigenvalue weighted by Crippen LogP contribution is -2.36. The van der Waals surface area contributed by atoms with Crippen molar-refractivity contribution in [1.82, 2.24) is 4.31 Å². The fourth-order valence-corrected chi connectivity index (χ4v) is 4.09. The summed E-state index contributed by atoms with van der Waals surface area (Å²) in [5.41, 5.74) is 1.91. The normalized spacial score (nSPS) is 11.2. The zero-order valence-electron chi connectivity index (χ0n) is 14.7. The molecule has 3 aromatic rings. The van der Waals surface area contributed by atoms with Gasteiger partial charge in [-0.05, 0) is 48.9 Å². The smallest absolute Gasteiger partial charge is 0.267 e. The van der Waals surface area contributed by atoms with Gasteiger partial charge in [0.1, 0.15) is 0 Å². The summed E-state index contributed by atoms with van der Waals surface area (Å²) >= 11 is 5.91. The van der Waals surface area contributed by atoms with Crippen LogP contribution < -0.4 is 0 Å². The molecule has 3 aromatic carbocycles. The van der Waals surface area contributed by atoms with Crippen LogP contribution in [-0.4, -0.2) is 18.6 Å². The van der Waals surface area contributed by atoms with Crippen molar-refractivity contribution in [2.24, 2.45) is 0 Å². The Morgan fingerprint density at radius 2 is 1.48 bits per heavy atom. The van der Waals surface area contributed by atoms with Crippen LogP contribution in [0, 0.1) is 6.92 Å². The Morgan fingerprint density at radius 1 is 0.889 bits per heavy atom. The highest BCUT2D eigenvalue weighted by Crippen LogP contribution is 2.22. The second-order valence-electron chi connectivity index (χ2n) is 6.12. The van der Waals surface area contributed by atoms with Gasteiger partial charge in [0.15, 0.2) is 0 Å². The van der Waals surface area contributed by atoms with E-state index in [2.05, 4.69) is 0 Å². The Bertz CT molecular complexity index is 1030. The fourth-order valence-electron chi connectivity index (χ4n) is 2.58. The lowest BCUT2D eigenvalue weighted by molar-refractivity contribution is 0.0855. The van der Waals surface area contributed by atoms with Crippen LogP contribution in [0.1, 0.15) is 21.5 Å². The van der Waals surface area contributed by atoms with Gasteiger partial charge in [-0.1, -0.05) is 59.6 Å². The largest absolute Gasteiger partial charge is 0.268 e. The van der Waals surface area contributed by atoms with E-state index in [1.54, 1.807) is 66.7 Å². The van der Waals surface area contributed by atoms with Crippen molar-refractivity contribution in [3.8, 4) is 0 Å². The molecule has 0 saturated carbocycles. The molecule has 0 atom stereocenters. The van der Waals surface area contributed by atoms with Crippen LogP contribution in [0.2, 0.25) is 5.02 Å². The maximum Gasteiger partial charge on any atom is 0.267 e. The van der Waals surface area contributed by atoms with Crippen molar-refractivity contribution < 1.29 is 13.2 Å². The molecule has 0 radical (unpaired) electrons. The van der Waals surface area contributed by atoms with E-state index in [9.17, 15) is 13.2 Å². The minimum Gasteiger partial charge on any atom is -0.268 e. The lowest BCUT2D eigenvalue weighted by atomic mass is 10.2. The van der Waals surface area contributed by atoms with Crippen LogP contribution in [0.25, 0.3) is 0 Å². The summed E-state index contributed by atoms with van der Waals surface area (Å²) in [6, 6.07) is 21.6. The average molecular weight is 400 g/mol. The molecule has 0 saturated heterocycles. The molecule has 3 rings (SSSR count). The maximum absolute atomic E-state index is 13.2. The summed E-state index contributed by atoms with van der Waals surface area (Å²) < 4.78 is 27.3. The van der Waals surface area contributed by atoms with Gasteiger partial charge in [-0.3, -0.25) is 4.79 Å². The van der Waals surface area contributed by atoms with Gasteiger partial charge in [0.25, 0.3) is 15.9 Å². The molecule has 138 valence electrons. The van der Waals surface area contributed by atoms with E-state index < -0.39 is 15.9 Å². The van der Waals surface area contributed by atoms with E-state index in [0.717, 1.165) is 9.87 Å². The third-order valence-electron chi connectivity index (χ3n) is 4.10. The Kier molecular flexibility index (Phi) is 5.63. The Labute approximate surface area is 164 Å². The number of nitrogens with zero attached hydrogens (tertiary/aromatic N) is 1. The summed E-state index contributed by atoms with van der Waals surface area (Å²) in [4.78, 5) is 13.1. The number of rotatable bonds is 5. The Hall–Kier alpha value is -2.63. The maximum atomic E-state index is 13.2. The first kappa shape index (κ1) is 19.1. The average Bonchev–Trinajstić information content (AvgIpc) is 2.68. The first-order valence-corrected chi connectivity index (χ1v) is 10.1. The standard InChI is InChI=1S/C21H18ClNO3S/c1-16-7-13-20(14-8-16)27(25,26)23(15-17-9-11-19(22)12-10-17)21(24)18-5-3-2-4-6-18/h2-14H,15H2,1H3. The van der Waals surface area contributed by atoms with Gasteiger partial charge < -0.3 is 0 Å². The first-order valence-electron chi connectivity index (χ1n) is 8.31. The summed E-state index contributed by atoms with van der Waals surface area (Å²) in [5.74, 6) is -0.578. The predicted octanol–water partition coefficient (Wildman–Crippen LogP) is 4.68. The SMILES string of the molecule is Cc1ccc(S(=O)(=O)N(Cc2ccc(Cl)cc2)C(=O)c2ccccc2)cc1. The van der Waals surface area contributed by atoms with E-state index in [-0.39, 0.29) is 11.4 Å². The number of carbonyl (C=O) groups excluding carboxylic acids is 1. The third kappa shape index (κ3) is 4.38. The van der Waals surface area contributed by atoms with Crippen molar-refractivity contribution >= 4 is 27.5 Å². The number of sulfonamides is 1. The van der Waals surface area contributed by atoms with E-state index in [4.69, 9.17) is 11.6 Å². The topological polar surface area (TPSA) is 54.5 Å². The summed E-state index contributed by atoms with van der Waals surface area (Å²) in [6.45, 7) is 1.79. The molecule has 0 aliphatic carbocycles. The molecule has 1 amide bonds. The van der Waals surface area contributed by atoms with Crippen molar-refractivity contribution in [3.05, 3.63) is 101 Å². The van der Waals surface area contributed by atoms with Crippen LogP contribution in [0.15, 0.2) is 83.8 Å². The highest BCUT2D eigenvalue weighted by Gasteiger charge is 2.30. The van der Waals surface area contributed by atoms with Gasteiger partial charge in [0.2, 0.25) is 0 Å². The molecule has 0 bridgehead atoms. The highest BCUT2D eigenvalue weighted by atomic mass is 35.5. The number of amides is 1. The minimum atomic E-state index is -4.02. The molecule has 0 N–H and O–H groups in total. The van der Waals surface area contributed by atoms with Crippen LogP contribution >= 0.6 is 11.6 Å². The van der Waals surface area contributed by atoms with Crippen molar-refractivity contribution in [2.45, 2.75) is 18.4 Å². The number of hydrogen-bond donors (Lipinski definition) is 0. The molecule has 0 aliphatic rings. The van der Waals surface area contributed by atoms with Crippen LogP contribution in [-0.2, 0) is 16.6 Å². The van der Waals surface area contributed by atoms with Gasteiger partial charge in [0.05, 0.1) is 11.4 Å². The first-order chi connectivity index (χ1) is 12.9. The highest BCUT2D eigenvalue weighted by molar-refractivity contribution is 7.89. The quantitative estimate of drug-likeness (QED) is 0.625. The van der Waals surface area contributed by atoms with E-state index in [1.165, 1.54) is 12.1 Å². The number of carbonyl (C=O) groups is 1. The van der Waals surface area contributed by atoms with Gasteiger partial charge in [-0.2, -0.15) is 0 Å². The van der Waals surface area contributed by atoms with Gasteiger partial charge in [0, 0.05) is 10.6 Å². The van der Waals surface area contributed by atoms with E-state index >= 15 is 0 Å². The molecule has 27 heavy (non-hydrogen) atoms. The minimum absolute atomic E-state index is 0.0753. The number of hydrogen-bond acceptors (Lipinski definition) is 3. The second-order valence-corrected chi connectivity index (χ2v) is 8.42. The van der Waals surface area contributed by atoms with E-state index in [0.29, 0.717) is 16.1 Å². The molecular weight excluding hydrogens is 382 g/mol. The number of benzene rings is 3. The zero-order valence-corrected chi connectivity index (χ0v) is 16.2. The molecule has 0 aliphatic heterocycles. The number of halogens is 1. The lowest BCUT2D eigenvalue weighted by Gasteiger charge is -2.23. The fraction of sp³-hybridized carbons (Fsp3) is 0.0952. The van der Waals surface area contributed by atoms with Gasteiger partial charge in [-0.15, -0.1) is 0 Å². The Balaban J connectivity index is 2.04. The summed E-state index contributed by atoms with van der Waals surface area (Å²) in [7, 11) is -4.02. The Morgan fingerprint density at radius 3 is 2.07 bits per heavy atom. The molecule has 4 nitrogen and oxygen atoms in total.